The van der Waals surface area contributed by atoms with E-state index in [2.05, 4.69) is 20.3 Å². The molecule has 1 aliphatic rings. The molecule has 4 aromatic rings. The van der Waals surface area contributed by atoms with E-state index < -0.39 is 55.3 Å². The van der Waals surface area contributed by atoms with E-state index in [0.717, 1.165) is 32.0 Å². The van der Waals surface area contributed by atoms with Crippen molar-refractivity contribution in [2.75, 3.05) is 29.8 Å². The van der Waals surface area contributed by atoms with Crippen LogP contribution in [0.4, 0.5) is 33.5 Å². The lowest BCUT2D eigenvalue weighted by Gasteiger charge is -2.32. The highest BCUT2D eigenvalue weighted by Gasteiger charge is 2.32. The average molecular weight is 595 g/mol. The number of fused-ring (bicyclic) bond motifs is 1. The molecule has 1 fully saturated rings. The molecule has 1 saturated heterocycles. The quantitative estimate of drug-likeness (QED) is 0.213. The molecular weight excluding hydrogens is 571 g/mol. The largest absolute Gasteiger partial charge is 0.416 e. The number of carbonyl (C=O) groups is 1. The number of halogens is 5. The average Bonchev–Trinajstić information content (AvgIpc) is 3.39. The van der Waals surface area contributed by atoms with Crippen LogP contribution in [0.25, 0.3) is 11.0 Å². The molecule has 2 aromatic carbocycles. The lowest BCUT2D eigenvalue weighted by molar-refractivity contribution is -0.137. The number of hydrogen-bond donors (Lipinski definition) is 3. The highest BCUT2D eigenvalue weighted by Crippen LogP contribution is 2.33. The fraction of sp³-hybridized carbons (Fsp3) is 0.269. The standard InChI is InChI=1S/C26H23F5N6O3S/c1-37(15-8-10-32-11-9-15)25-20-17(12-33-24(20)34-13-35-25)23(38)21-18(27)6-7-19(22(21)28)36-41(39,40)16-4-2-14(3-5-16)26(29,30)31/h2-7,12-13,15,32,36H,8-11H2,1H3,(H,33,34,35). The van der Waals surface area contributed by atoms with E-state index in [4.69, 9.17) is 0 Å². The number of ketones is 1. The highest BCUT2D eigenvalue weighted by molar-refractivity contribution is 7.92. The van der Waals surface area contributed by atoms with E-state index in [0.29, 0.717) is 36.1 Å². The van der Waals surface area contributed by atoms with Gasteiger partial charge in [0.05, 0.1) is 32.7 Å². The van der Waals surface area contributed by atoms with Crippen LogP contribution < -0.4 is 14.9 Å². The minimum atomic E-state index is -4.69. The van der Waals surface area contributed by atoms with Gasteiger partial charge >= 0.3 is 6.18 Å². The molecule has 0 spiro atoms. The van der Waals surface area contributed by atoms with Gasteiger partial charge in [-0.25, -0.2) is 27.2 Å². The number of anilines is 2. The number of carbonyl (C=O) groups excluding carboxylic acids is 1. The van der Waals surface area contributed by atoms with Gasteiger partial charge in [-0.15, -0.1) is 0 Å². The normalized spacial score (nSPS) is 14.8. The Labute approximate surface area is 230 Å². The zero-order chi connectivity index (χ0) is 29.5. The first-order chi connectivity index (χ1) is 19.4. The van der Waals surface area contributed by atoms with Gasteiger partial charge in [0.1, 0.15) is 23.6 Å². The molecule has 1 aliphatic heterocycles. The van der Waals surface area contributed by atoms with E-state index in [1.165, 1.54) is 12.5 Å². The first-order valence-electron chi connectivity index (χ1n) is 12.4. The van der Waals surface area contributed by atoms with Crippen molar-refractivity contribution in [3.05, 3.63) is 77.2 Å². The molecule has 0 atom stereocenters. The van der Waals surface area contributed by atoms with Crippen molar-refractivity contribution in [2.45, 2.75) is 30.0 Å². The Morgan fingerprint density at radius 3 is 2.39 bits per heavy atom. The molecule has 0 saturated carbocycles. The molecule has 0 aliphatic carbocycles. The summed E-state index contributed by atoms with van der Waals surface area (Å²) >= 11 is 0. The van der Waals surface area contributed by atoms with Crippen LogP contribution in [0, 0.1) is 11.6 Å². The zero-order valence-electron chi connectivity index (χ0n) is 21.4. The number of H-pyrrole nitrogens is 1. The molecule has 2 aromatic heterocycles. The van der Waals surface area contributed by atoms with Crippen molar-refractivity contribution < 1.29 is 35.2 Å². The third-order valence-corrected chi connectivity index (χ3v) is 8.32. The molecule has 0 radical (unpaired) electrons. The summed E-state index contributed by atoms with van der Waals surface area (Å²) in [5.41, 5.74) is -2.74. The Morgan fingerprint density at radius 2 is 1.73 bits per heavy atom. The summed E-state index contributed by atoms with van der Waals surface area (Å²) in [6, 6.07) is 4.09. The van der Waals surface area contributed by atoms with Crippen LogP contribution >= 0.6 is 0 Å². The van der Waals surface area contributed by atoms with Crippen molar-refractivity contribution >= 4 is 38.3 Å². The molecule has 5 rings (SSSR count). The van der Waals surface area contributed by atoms with Gasteiger partial charge in [0.15, 0.2) is 5.82 Å². The van der Waals surface area contributed by atoms with Gasteiger partial charge in [-0.1, -0.05) is 0 Å². The number of nitrogens with zero attached hydrogens (tertiary/aromatic N) is 3. The third kappa shape index (κ3) is 5.46. The monoisotopic (exact) mass is 594 g/mol. The van der Waals surface area contributed by atoms with Gasteiger partial charge in [-0.2, -0.15) is 13.2 Å². The summed E-state index contributed by atoms with van der Waals surface area (Å²) in [5.74, 6) is -3.45. The minimum absolute atomic E-state index is 0.0867. The van der Waals surface area contributed by atoms with Crippen LogP contribution in [0.15, 0.2) is 53.8 Å². The number of nitrogens with one attached hydrogen (secondary N) is 3. The second-order valence-corrected chi connectivity index (χ2v) is 11.1. The molecule has 216 valence electrons. The predicted octanol–water partition coefficient (Wildman–Crippen LogP) is 4.47. The molecule has 9 nitrogen and oxygen atoms in total. The Morgan fingerprint density at radius 1 is 1.05 bits per heavy atom. The molecule has 0 bridgehead atoms. The number of hydrogen-bond acceptors (Lipinski definition) is 7. The Hall–Kier alpha value is -4.11. The third-order valence-electron chi connectivity index (χ3n) is 6.94. The van der Waals surface area contributed by atoms with Gasteiger partial charge < -0.3 is 15.2 Å². The summed E-state index contributed by atoms with van der Waals surface area (Å²) in [4.78, 5) is 26.1. The van der Waals surface area contributed by atoms with E-state index in [9.17, 15) is 30.8 Å². The number of piperidine rings is 1. The highest BCUT2D eigenvalue weighted by atomic mass is 32.2. The van der Waals surface area contributed by atoms with E-state index in [-0.39, 0.29) is 22.6 Å². The predicted molar refractivity (Wildman–Crippen MR) is 140 cm³/mol. The van der Waals surface area contributed by atoms with E-state index >= 15 is 4.39 Å². The van der Waals surface area contributed by atoms with Gasteiger partial charge in [-0.3, -0.25) is 9.52 Å². The second-order valence-electron chi connectivity index (χ2n) is 9.46. The Kier molecular flexibility index (Phi) is 7.42. The van der Waals surface area contributed by atoms with Gasteiger partial charge in [0, 0.05) is 19.3 Å². The maximum absolute atomic E-state index is 15.6. The van der Waals surface area contributed by atoms with Crippen LogP contribution in [0.3, 0.4) is 0 Å². The molecule has 3 heterocycles. The zero-order valence-corrected chi connectivity index (χ0v) is 22.2. The van der Waals surface area contributed by atoms with Crippen molar-refractivity contribution in [3.63, 3.8) is 0 Å². The summed E-state index contributed by atoms with van der Waals surface area (Å²) < 4.78 is 96.6. The SMILES string of the molecule is CN(c1ncnc2[nH]cc(C(=O)c3c(F)ccc(NS(=O)(=O)c4ccc(C(F)(F)F)cc4)c3F)c12)C1CCNCC1. The number of aromatic nitrogens is 3. The summed E-state index contributed by atoms with van der Waals surface area (Å²) in [7, 11) is -2.80. The molecular formula is C26H23F5N6O3S. The van der Waals surface area contributed by atoms with Crippen molar-refractivity contribution in [1.29, 1.82) is 0 Å². The maximum atomic E-state index is 15.6. The van der Waals surface area contributed by atoms with Crippen LogP contribution in [-0.2, 0) is 16.2 Å². The van der Waals surface area contributed by atoms with Crippen LogP contribution in [0.5, 0.6) is 0 Å². The summed E-state index contributed by atoms with van der Waals surface area (Å²) in [6.07, 6.45) is -0.527. The number of aromatic amines is 1. The fourth-order valence-electron chi connectivity index (χ4n) is 4.76. The Balaban J connectivity index is 1.50. The molecule has 0 unspecified atom stereocenters. The van der Waals surface area contributed by atoms with Gasteiger partial charge in [0.2, 0.25) is 5.78 Å². The van der Waals surface area contributed by atoms with Crippen LogP contribution in [0.1, 0.15) is 34.3 Å². The molecule has 3 N–H and O–H groups in total. The van der Waals surface area contributed by atoms with E-state index in [1.807, 2.05) is 9.62 Å². The lowest BCUT2D eigenvalue weighted by atomic mass is 10.0. The number of rotatable bonds is 7. The number of benzene rings is 2. The van der Waals surface area contributed by atoms with Crippen LogP contribution in [0.2, 0.25) is 0 Å². The number of sulfonamides is 1. The molecule has 41 heavy (non-hydrogen) atoms. The second kappa shape index (κ2) is 10.7. The molecule has 15 heteroatoms. The van der Waals surface area contributed by atoms with Crippen molar-refractivity contribution in [1.82, 2.24) is 20.3 Å². The first kappa shape index (κ1) is 28.4. The first-order valence-corrected chi connectivity index (χ1v) is 13.8. The molecule has 0 amide bonds. The van der Waals surface area contributed by atoms with Crippen molar-refractivity contribution in [2.24, 2.45) is 0 Å². The van der Waals surface area contributed by atoms with Crippen LogP contribution in [-0.4, -0.2) is 55.3 Å². The summed E-state index contributed by atoms with van der Waals surface area (Å²) in [6.45, 7) is 1.57. The van der Waals surface area contributed by atoms with E-state index in [1.54, 1.807) is 7.05 Å². The van der Waals surface area contributed by atoms with Gasteiger partial charge in [0.25, 0.3) is 10.0 Å². The fourth-order valence-corrected chi connectivity index (χ4v) is 5.82. The maximum Gasteiger partial charge on any atom is 0.416 e. The smallest absolute Gasteiger partial charge is 0.356 e. The number of alkyl halides is 3. The Bertz CT molecular complexity index is 1720. The van der Waals surface area contributed by atoms with Crippen molar-refractivity contribution in [3.8, 4) is 0 Å². The lowest BCUT2D eigenvalue weighted by Crippen LogP contribution is -2.41. The summed E-state index contributed by atoms with van der Waals surface area (Å²) in [5, 5.41) is 3.50. The minimum Gasteiger partial charge on any atom is -0.356 e. The topological polar surface area (TPSA) is 120 Å². The van der Waals surface area contributed by atoms with Gasteiger partial charge in [-0.05, 0) is 62.3 Å².